The fraction of sp³-hybridized carbons (Fsp3) is 1.00. The zero-order valence-electron chi connectivity index (χ0n) is 11.5. The molecular weight excluding hydrogens is 343 g/mol. The Bertz CT molecular complexity index is 274. The van der Waals surface area contributed by atoms with E-state index in [0.29, 0.717) is 13.2 Å². The Labute approximate surface area is 115 Å². The fourth-order valence-electron chi connectivity index (χ4n) is 2.05. The van der Waals surface area contributed by atoms with Crippen molar-refractivity contribution in [3.63, 3.8) is 0 Å². The van der Waals surface area contributed by atoms with Gasteiger partial charge in [0.2, 0.25) is 0 Å². The maximum atomic E-state index is 6.17. The van der Waals surface area contributed by atoms with Crippen LogP contribution in [-0.2, 0) is 12.3 Å². The minimum absolute atomic E-state index is 0.0595. The Kier molecular flexibility index (Phi) is 5.27. The molecule has 1 spiro atoms. The average molecular weight is 367 g/mol. The Balaban J connectivity index is 2.11. The second-order valence-corrected chi connectivity index (χ2v) is 11.1. The van der Waals surface area contributed by atoms with Crippen molar-refractivity contribution in [2.75, 3.05) is 39.4 Å². The van der Waals surface area contributed by atoms with Crippen molar-refractivity contribution in [1.82, 2.24) is 10.6 Å². The van der Waals surface area contributed by atoms with Gasteiger partial charge in [0.1, 0.15) is 0 Å². The predicted octanol–water partition coefficient (Wildman–Crippen LogP) is -0.138. The van der Waals surface area contributed by atoms with E-state index in [1.165, 1.54) is 0 Å². The van der Waals surface area contributed by atoms with E-state index in [2.05, 4.69) is 10.6 Å². The molecule has 2 heterocycles. The van der Waals surface area contributed by atoms with Crippen LogP contribution in [0.3, 0.4) is 0 Å². The molecule has 0 saturated carbocycles. The third-order valence-corrected chi connectivity index (χ3v) is 10.3. The van der Waals surface area contributed by atoms with E-state index in [-0.39, 0.29) is 11.7 Å². The maximum absolute atomic E-state index is 6.17. The quantitative estimate of drug-likeness (QED) is 0.582. The van der Waals surface area contributed by atoms with Crippen LogP contribution >= 0.6 is 0 Å². The number of hydrogen-bond acceptors (Lipinski definition) is 6. The van der Waals surface area contributed by atoms with Crippen LogP contribution in [0.4, 0.5) is 0 Å². The Morgan fingerprint density at radius 2 is 1.78 bits per heavy atom. The van der Waals surface area contributed by atoms with E-state index in [0.717, 1.165) is 26.2 Å². The van der Waals surface area contributed by atoms with Gasteiger partial charge in [0.05, 0.1) is 0 Å². The van der Waals surface area contributed by atoms with E-state index >= 15 is 0 Å². The molecule has 2 saturated heterocycles. The first-order valence-corrected chi connectivity index (χ1v) is 11.2. The molecule has 0 aromatic heterocycles. The summed E-state index contributed by atoms with van der Waals surface area (Å²) in [6.07, 6.45) is 0.0595. The summed E-state index contributed by atoms with van der Waals surface area (Å²) in [6.45, 7) is 10.5. The van der Waals surface area contributed by atoms with Crippen molar-refractivity contribution in [3.05, 3.63) is 0 Å². The second-order valence-electron chi connectivity index (χ2n) is 5.37. The van der Waals surface area contributed by atoms with Gasteiger partial charge in [0.25, 0.3) is 0 Å². The van der Waals surface area contributed by atoms with Crippen molar-refractivity contribution >= 4 is 20.0 Å². The molecule has 7 heteroatoms. The van der Waals surface area contributed by atoms with Crippen LogP contribution in [0.1, 0.15) is 20.8 Å². The van der Waals surface area contributed by atoms with Crippen molar-refractivity contribution in [2.45, 2.75) is 32.5 Å². The normalized spacial score (nSPS) is 38.5. The third kappa shape index (κ3) is 4.29. The van der Waals surface area contributed by atoms with Gasteiger partial charge in [-0.05, 0) is 0 Å². The summed E-state index contributed by atoms with van der Waals surface area (Å²) in [7, 11) is 0. The van der Waals surface area contributed by atoms with Crippen molar-refractivity contribution in [1.29, 1.82) is 0 Å². The zero-order valence-corrected chi connectivity index (χ0v) is 14.3. The summed E-state index contributed by atoms with van der Waals surface area (Å²) in [5.74, 6) is 0. The van der Waals surface area contributed by atoms with Crippen LogP contribution in [0.25, 0.3) is 0 Å². The molecule has 2 N–H and O–H groups in total. The van der Waals surface area contributed by atoms with Gasteiger partial charge in [-0.3, -0.25) is 0 Å². The molecule has 2 rings (SSSR count). The summed E-state index contributed by atoms with van der Waals surface area (Å²) in [4.78, 5) is 0. The standard InChI is InChI=1S/C6H13NO2.C5H11NO2.Sn/c1-6(2,9)5-7-3-4-8;1-5(8)4-6-2-3-7;/h7H,3-5H2,1-2H3;5-6H,2-4H2,1H3;/q2*-2;+4. The molecule has 2 aliphatic rings. The Hall–Kier alpha value is 0.559. The molecule has 18 heavy (non-hydrogen) atoms. The first kappa shape index (κ1) is 15.0. The summed E-state index contributed by atoms with van der Waals surface area (Å²) < 4.78 is 24.0. The molecule has 0 aromatic carbocycles. The summed E-state index contributed by atoms with van der Waals surface area (Å²) in [5.41, 5.74) is -0.317. The molecule has 2 fully saturated rings. The van der Waals surface area contributed by atoms with Crippen molar-refractivity contribution in [2.24, 2.45) is 0 Å². The molecular formula is C11H24N2O4Sn. The van der Waals surface area contributed by atoms with Crippen LogP contribution in [0, 0.1) is 0 Å². The van der Waals surface area contributed by atoms with Crippen LogP contribution in [0.5, 0.6) is 0 Å². The molecule has 0 aromatic rings. The van der Waals surface area contributed by atoms with Gasteiger partial charge in [-0.2, -0.15) is 0 Å². The van der Waals surface area contributed by atoms with Gasteiger partial charge in [-0.1, -0.05) is 0 Å². The van der Waals surface area contributed by atoms with E-state index in [9.17, 15) is 0 Å². The van der Waals surface area contributed by atoms with Crippen molar-refractivity contribution < 1.29 is 12.3 Å². The summed E-state index contributed by atoms with van der Waals surface area (Å²) >= 11 is -3.86. The molecule has 0 aliphatic carbocycles. The predicted molar refractivity (Wildman–Crippen MR) is 69.1 cm³/mol. The second kappa shape index (κ2) is 6.34. The van der Waals surface area contributed by atoms with E-state index in [4.69, 9.17) is 12.3 Å². The molecule has 2 aliphatic heterocycles. The average Bonchev–Trinajstić information content (AvgIpc) is 2.22. The molecule has 2 unspecified atom stereocenters. The van der Waals surface area contributed by atoms with Crippen LogP contribution in [0.15, 0.2) is 0 Å². The minimum atomic E-state index is -3.86. The zero-order chi connectivity index (χ0) is 13.1. The molecule has 6 nitrogen and oxygen atoms in total. The molecule has 0 bridgehead atoms. The number of hydrogen-bond donors (Lipinski definition) is 2. The van der Waals surface area contributed by atoms with Gasteiger partial charge in [0, 0.05) is 0 Å². The molecule has 2 atom stereocenters. The van der Waals surface area contributed by atoms with Gasteiger partial charge < -0.3 is 0 Å². The topological polar surface area (TPSA) is 61.0 Å². The van der Waals surface area contributed by atoms with E-state index in [1.807, 2.05) is 20.8 Å². The number of nitrogens with one attached hydrogen (secondary N) is 2. The monoisotopic (exact) mass is 368 g/mol. The first-order chi connectivity index (χ1) is 8.52. The summed E-state index contributed by atoms with van der Waals surface area (Å²) in [6, 6.07) is 0. The Morgan fingerprint density at radius 1 is 1.11 bits per heavy atom. The first-order valence-electron chi connectivity index (χ1n) is 6.59. The number of rotatable bonds is 0. The SMILES string of the molecule is CC1CNCC[O][Sn]2([O]CCNCC(C)(C)[O]2)[O]1. The van der Waals surface area contributed by atoms with Gasteiger partial charge >= 0.3 is 115 Å². The molecule has 0 radical (unpaired) electrons. The van der Waals surface area contributed by atoms with E-state index in [1.54, 1.807) is 0 Å². The van der Waals surface area contributed by atoms with Gasteiger partial charge in [-0.15, -0.1) is 0 Å². The summed E-state index contributed by atoms with van der Waals surface area (Å²) in [5, 5.41) is 6.57. The molecule has 106 valence electrons. The molecule has 0 amide bonds. The van der Waals surface area contributed by atoms with Gasteiger partial charge in [-0.25, -0.2) is 0 Å². The van der Waals surface area contributed by atoms with Crippen LogP contribution < -0.4 is 10.6 Å². The van der Waals surface area contributed by atoms with Gasteiger partial charge in [0.15, 0.2) is 0 Å². The third-order valence-electron chi connectivity index (χ3n) is 2.84. The Morgan fingerprint density at radius 3 is 2.50 bits per heavy atom. The van der Waals surface area contributed by atoms with Crippen LogP contribution in [-0.4, -0.2) is 71.1 Å². The van der Waals surface area contributed by atoms with E-state index < -0.39 is 20.0 Å². The fourth-order valence-corrected chi connectivity index (χ4v) is 8.94. The van der Waals surface area contributed by atoms with Crippen molar-refractivity contribution in [3.8, 4) is 0 Å². The van der Waals surface area contributed by atoms with Crippen LogP contribution in [0.2, 0.25) is 0 Å².